The molecule has 2 nitrogen and oxygen atoms in total. The molecule has 2 aromatic heterocycles. The monoisotopic (exact) mass is 452 g/mol. The van der Waals surface area contributed by atoms with Crippen LogP contribution >= 0.6 is 11.3 Å². The molecule has 0 amide bonds. The normalized spacial score (nSPS) is 11.5. The molecule has 2 heterocycles. The van der Waals surface area contributed by atoms with Gasteiger partial charge in [0.15, 0.2) is 0 Å². The Morgan fingerprint density at radius 3 is 2.24 bits per heavy atom. The number of hydrogen-bond acceptors (Lipinski definition) is 2. The smallest absolute Gasteiger partial charge is 0.145 e. The minimum atomic E-state index is 0.956. The van der Waals surface area contributed by atoms with Gasteiger partial charge in [-0.3, -0.25) is 4.57 Å². The van der Waals surface area contributed by atoms with E-state index in [-0.39, 0.29) is 0 Å². The van der Waals surface area contributed by atoms with Crippen LogP contribution in [0.3, 0.4) is 0 Å². The molecule has 5 aromatic carbocycles. The zero-order valence-corrected chi connectivity index (χ0v) is 19.2. The lowest BCUT2D eigenvalue weighted by Gasteiger charge is -2.10. The first kappa shape index (κ1) is 19.3. The van der Waals surface area contributed by atoms with Crippen molar-refractivity contribution >= 4 is 43.2 Å². The number of hydrogen-bond donors (Lipinski definition) is 0. The Balaban J connectivity index is 1.33. The van der Waals surface area contributed by atoms with Gasteiger partial charge in [-0.2, -0.15) is 0 Å². The third kappa shape index (κ3) is 3.06. The summed E-state index contributed by atoms with van der Waals surface area (Å²) in [5.74, 6) is 0.956. The predicted molar refractivity (Wildman–Crippen MR) is 145 cm³/mol. The van der Waals surface area contributed by atoms with Crippen LogP contribution in [-0.2, 0) is 0 Å². The van der Waals surface area contributed by atoms with Crippen LogP contribution in [0.15, 0.2) is 121 Å². The van der Waals surface area contributed by atoms with Gasteiger partial charge >= 0.3 is 0 Å². The van der Waals surface area contributed by atoms with Gasteiger partial charge in [-0.25, -0.2) is 4.98 Å². The molecule has 0 saturated heterocycles. The maximum absolute atomic E-state index is 4.99. The maximum Gasteiger partial charge on any atom is 0.145 e. The van der Waals surface area contributed by atoms with Crippen LogP contribution in [0.5, 0.6) is 0 Å². The first-order chi connectivity index (χ1) is 16.8. The van der Waals surface area contributed by atoms with Crippen LogP contribution in [0.25, 0.3) is 60.1 Å². The van der Waals surface area contributed by atoms with Gasteiger partial charge in [-0.15, -0.1) is 11.3 Å². The lowest BCUT2D eigenvalue weighted by molar-refractivity contribution is 1.10. The van der Waals surface area contributed by atoms with Crippen LogP contribution in [0, 0.1) is 0 Å². The molecule has 0 aliphatic carbocycles. The SMILES string of the molecule is c1ccc(-n2c(-c3ccc(-c4ccc5c(ccc6sccc65)c4)cc3)nc3ccccc32)cc1. The number of nitrogens with zero attached hydrogens (tertiary/aromatic N) is 2. The zero-order valence-electron chi connectivity index (χ0n) is 18.3. The van der Waals surface area contributed by atoms with Crippen LogP contribution in [0.4, 0.5) is 0 Å². The topological polar surface area (TPSA) is 17.8 Å². The van der Waals surface area contributed by atoms with Crippen LogP contribution < -0.4 is 0 Å². The fraction of sp³-hybridized carbons (Fsp3) is 0. The van der Waals surface area contributed by atoms with Gasteiger partial charge in [0, 0.05) is 21.3 Å². The highest BCUT2D eigenvalue weighted by atomic mass is 32.1. The summed E-state index contributed by atoms with van der Waals surface area (Å²) in [4.78, 5) is 4.99. The summed E-state index contributed by atoms with van der Waals surface area (Å²) < 4.78 is 3.58. The first-order valence-corrected chi connectivity index (χ1v) is 12.3. The second-order valence-electron chi connectivity index (χ2n) is 8.51. The highest BCUT2D eigenvalue weighted by molar-refractivity contribution is 7.17. The van der Waals surface area contributed by atoms with Gasteiger partial charge in [-0.1, -0.05) is 72.8 Å². The molecular weight excluding hydrogens is 432 g/mol. The molecule has 0 unspecified atom stereocenters. The van der Waals surface area contributed by atoms with Crippen LogP contribution in [-0.4, -0.2) is 9.55 Å². The van der Waals surface area contributed by atoms with Crippen LogP contribution in [0.2, 0.25) is 0 Å². The van der Waals surface area contributed by atoms with Crippen molar-refractivity contribution in [2.24, 2.45) is 0 Å². The summed E-state index contributed by atoms with van der Waals surface area (Å²) in [5.41, 5.74) is 6.76. The van der Waals surface area contributed by atoms with E-state index in [9.17, 15) is 0 Å². The van der Waals surface area contributed by atoms with E-state index in [1.54, 1.807) is 11.3 Å². The minimum absolute atomic E-state index is 0.956. The molecule has 34 heavy (non-hydrogen) atoms. The summed E-state index contributed by atoms with van der Waals surface area (Å²) in [6.07, 6.45) is 0. The third-order valence-corrected chi connectivity index (χ3v) is 7.38. The van der Waals surface area contributed by atoms with E-state index in [1.165, 1.54) is 32.0 Å². The fourth-order valence-electron chi connectivity index (χ4n) is 4.83. The highest BCUT2D eigenvalue weighted by Gasteiger charge is 2.14. The quantitative estimate of drug-likeness (QED) is 0.262. The van der Waals surface area contributed by atoms with Crippen molar-refractivity contribution in [3.63, 3.8) is 0 Å². The van der Waals surface area contributed by atoms with Gasteiger partial charge in [0.1, 0.15) is 5.82 Å². The summed E-state index contributed by atoms with van der Waals surface area (Å²) in [7, 11) is 0. The Morgan fingerprint density at radius 2 is 1.35 bits per heavy atom. The molecule has 0 bridgehead atoms. The molecular formula is C31H20N2S. The fourth-order valence-corrected chi connectivity index (χ4v) is 5.64. The third-order valence-electron chi connectivity index (χ3n) is 6.50. The number of benzene rings is 5. The number of imidazole rings is 1. The first-order valence-electron chi connectivity index (χ1n) is 11.4. The molecule has 0 N–H and O–H groups in total. The Kier molecular flexibility index (Phi) is 4.36. The van der Waals surface area contributed by atoms with Crippen molar-refractivity contribution in [2.45, 2.75) is 0 Å². The molecule has 0 atom stereocenters. The second kappa shape index (κ2) is 7.68. The van der Waals surface area contributed by atoms with Crippen molar-refractivity contribution in [2.75, 3.05) is 0 Å². The standard InChI is InChI=1S/C31H20N2S/c1-2-6-25(7-3-1)33-29-9-5-4-8-28(29)32-31(33)22-12-10-21(11-13-22)23-14-16-26-24(20-23)15-17-30-27(26)18-19-34-30/h1-20H. The number of para-hydroxylation sites is 3. The molecule has 0 saturated carbocycles. The largest absolute Gasteiger partial charge is 0.292 e. The Bertz CT molecular complexity index is 1790. The van der Waals surface area contributed by atoms with Gasteiger partial charge in [0.25, 0.3) is 0 Å². The molecule has 0 aliphatic rings. The average molecular weight is 453 g/mol. The Morgan fingerprint density at radius 1 is 0.588 bits per heavy atom. The second-order valence-corrected chi connectivity index (χ2v) is 9.45. The number of thiophene rings is 1. The summed E-state index contributed by atoms with van der Waals surface area (Å²) in [6, 6.07) is 41.0. The van der Waals surface area contributed by atoms with Crippen molar-refractivity contribution in [3.05, 3.63) is 121 Å². The number of aromatic nitrogens is 2. The van der Waals surface area contributed by atoms with Gasteiger partial charge in [-0.05, 0) is 69.7 Å². The van der Waals surface area contributed by atoms with Gasteiger partial charge in [0.05, 0.1) is 11.0 Å². The molecule has 0 radical (unpaired) electrons. The van der Waals surface area contributed by atoms with E-state index in [0.29, 0.717) is 0 Å². The minimum Gasteiger partial charge on any atom is -0.292 e. The number of fused-ring (bicyclic) bond motifs is 4. The van der Waals surface area contributed by atoms with E-state index < -0.39 is 0 Å². The van der Waals surface area contributed by atoms with Gasteiger partial charge in [0.2, 0.25) is 0 Å². The van der Waals surface area contributed by atoms with Crippen molar-refractivity contribution in [3.8, 4) is 28.2 Å². The van der Waals surface area contributed by atoms with E-state index in [1.807, 2.05) is 12.1 Å². The van der Waals surface area contributed by atoms with Crippen molar-refractivity contribution in [1.82, 2.24) is 9.55 Å². The predicted octanol–water partition coefficient (Wildman–Crippen LogP) is 8.73. The molecule has 0 fully saturated rings. The van der Waals surface area contributed by atoms with E-state index >= 15 is 0 Å². The van der Waals surface area contributed by atoms with E-state index in [2.05, 4.69) is 113 Å². The van der Waals surface area contributed by atoms with Crippen molar-refractivity contribution in [1.29, 1.82) is 0 Å². The molecule has 0 spiro atoms. The van der Waals surface area contributed by atoms with Crippen molar-refractivity contribution < 1.29 is 0 Å². The maximum atomic E-state index is 4.99. The average Bonchev–Trinajstić information content (AvgIpc) is 3.54. The lowest BCUT2D eigenvalue weighted by atomic mass is 9.99. The van der Waals surface area contributed by atoms with E-state index in [0.717, 1.165) is 28.1 Å². The lowest BCUT2D eigenvalue weighted by Crippen LogP contribution is -1.97. The summed E-state index contributed by atoms with van der Waals surface area (Å²) in [6.45, 7) is 0. The highest BCUT2D eigenvalue weighted by Crippen LogP contribution is 2.34. The Hall–Kier alpha value is -4.21. The summed E-state index contributed by atoms with van der Waals surface area (Å²) >= 11 is 1.80. The molecule has 7 aromatic rings. The van der Waals surface area contributed by atoms with E-state index in [4.69, 9.17) is 4.98 Å². The summed E-state index contributed by atoms with van der Waals surface area (Å²) in [5, 5.41) is 6.10. The molecule has 7 rings (SSSR count). The van der Waals surface area contributed by atoms with Gasteiger partial charge < -0.3 is 0 Å². The van der Waals surface area contributed by atoms with Crippen LogP contribution in [0.1, 0.15) is 0 Å². The molecule has 3 heteroatoms. The molecule has 0 aliphatic heterocycles. The molecule has 160 valence electrons. The zero-order chi connectivity index (χ0) is 22.5. The number of rotatable bonds is 3. The Labute approximate surface area is 201 Å².